The Bertz CT molecular complexity index is 969. The van der Waals surface area contributed by atoms with E-state index in [1.807, 2.05) is 6.92 Å². The van der Waals surface area contributed by atoms with E-state index in [2.05, 4.69) is 0 Å². The van der Waals surface area contributed by atoms with Gasteiger partial charge in [0.2, 0.25) is 0 Å². The van der Waals surface area contributed by atoms with Gasteiger partial charge in [-0.25, -0.2) is 13.2 Å². The number of ether oxygens (including phenoxy) is 2. The van der Waals surface area contributed by atoms with Crippen molar-refractivity contribution in [3.63, 3.8) is 0 Å². The summed E-state index contributed by atoms with van der Waals surface area (Å²) in [6.07, 6.45) is 1.86. The van der Waals surface area contributed by atoms with Crippen LogP contribution in [0.2, 0.25) is 0 Å². The van der Waals surface area contributed by atoms with Crippen LogP contribution >= 0.6 is 0 Å². The minimum absolute atomic E-state index is 0.0825. The zero-order chi connectivity index (χ0) is 20.8. The van der Waals surface area contributed by atoms with E-state index in [0.717, 1.165) is 18.4 Å². The number of hydrogen-bond donors (Lipinski definition) is 0. The Morgan fingerprint density at radius 2 is 1.52 bits per heavy atom. The molecular formula is C24H23F3O2. The Hall–Kier alpha value is -2.95. The number of unbranched alkanes of at least 4 members (excludes halogenated alkanes) is 1. The van der Waals surface area contributed by atoms with Gasteiger partial charge >= 0.3 is 0 Å². The van der Waals surface area contributed by atoms with Crippen molar-refractivity contribution in [1.82, 2.24) is 0 Å². The third-order valence-corrected chi connectivity index (χ3v) is 4.62. The van der Waals surface area contributed by atoms with E-state index in [4.69, 9.17) is 9.47 Å². The zero-order valence-electron chi connectivity index (χ0n) is 16.5. The molecule has 2 nitrogen and oxygen atoms in total. The molecule has 3 aromatic rings. The molecule has 3 rings (SSSR count). The second kappa shape index (κ2) is 9.50. The van der Waals surface area contributed by atoms with Crippen LogP contribution in [0.25, 0.3) is 11.1 Å². The summed E-state index contributed by atoms with van der Waals surface area (Å²) in [6.45, 7) is 3.96. The molecule has 0 aromatic heterocycles. The molecule has 0 radical (unpaired) electrons. The number of halogens is 3. The van der Waals surface area contributed by atoms with E-state index < -0.39 is 17.5 Å². The molecule has 0 aliphatic heterocycles. The van der Waals surface area contributed by atoms with Gasteiger partial charge in [0.15, 0.2) is 23.2 Å². The summed E-state index contributed by atoms with van der Waals surface area (Å²) < 4.78 is 52.8. The molecule has 0 aliphatic carbocycles. The lowest BCUT2D eigenvalue weighted by Crippen LogP contribution is -2.02. The van der Waals surface area contributed by atoms with Crippen LogP contribution in [-0.4, -0.2) is 6.61 Å². The standard InChI is InChI=1S/C24H23F3O2/c1-3-4-13-28-22-12-9-18(14-21(22)25)17-7-10-20(11-8-17)29-15-19-6-5-16(2)23(26)24(19)27/h5-12,14H,3-4,13,15H2,1-2H3. The van der Waals surface area contributed by atoms with Crippen molar-refractivity contribution >= 4 is 0 Å². The fraction of sp³-hybridized carbons (Fsp3) is 0.250. The lowest BCUT2D eigenvalue weighted by atomic mass is 10.1. The van der Waals surface area contributed by atoms with Crippen molar-refractivity contribution in [3.8, 4) is 22.6 Å². The lowest BCUT2D eigenvalue weighted by molar-refractivity contribution is 0.294. The van der Waals surface area contributed by atoms with Crippen LogP contribution in [0.5, 0.6) is 11.5 Å². The third kappa shape index (κ3) is 5.11. The minimum Gasteiger partial charge on any atom is -0.491 e. The molecule has 0 spiro atoms. The molecule has 0 heterocycles. The molecule has 0 N–H and O–H groups in total. The first-order chi connectivity index (χ1) is 14.0. The summed E-state index contributed by atoms with van der Waals surface area (Å²) in [7, 11) is 0. The number of aryl methyl sites for hydroxylation is 1. The van der Waals surface area contributed by atoms with Crippen LogP contribution in [-0.2, 0) is 6.61 Å². The Labute approximate surface area is 168 Å². The lowest BCUT2D eigenvalue weighted by Gasteiger charge is -2.10. The summed E-state index contributed by atoms with van der Waals surface area (Å²) in [4.78, 5) is 0. The molecule has 0 aliphatic rings. The summed E-state index contributed by atoms with van der Waals surface area (Å²) in [5, 5.41) is 0. The van der Waals surface area contributed by atoms with Crippen molar-refractivity contribution < 1.29 is 22.6 Å². The Kier molecular flexibility index (Phi) is 6.81. The maximum atomic E-state index is 14.2. The van der Waals surface area contributed by atoms with Gasteiger partial charge in [0, 0.05) is 5.56 Å². The van der Waals surface area contributed by atoms with E-state index in [9.17, 15) is 13.2 Å². The molecule has 152 valence electrons. The van der Waals surface area contributed by atoms with E-state index in [1.165, 1.54) is 25.1 Å². The second-order valence-electron chi connectivity index (χ2n) is 6.83. The Morgan fingerprint density at radius 1 is 0.793 bits per heavy atom. The molecule has 29 heavy (non-hydrogen) atoms. The largest absolute Gasteiger partial charge is 0.491 e. The highest BCUT2D eigenvalue weighted by Crippen LogP contribution is 2.28. The SMILES string of the molecule is CCCCOc1ccc(-c2ccc(OCc3ccc(C)c(F)c3F)cc2)cc1F. The van der Waals surface area contributed by atoms with Crippen molar-refractivity contribution in [2.24, 2.45) is 0 Å². The van der Waals surface area contributed by atoms with E-state index in [-0.39, 0.29) is 23.5 Å². The quantitative estimate of drug-likeness (QED) is 0.386. The van der Waals surface area contributed by atoms with Crippen molar-refractivity contribution in [2.75, 3.05) is 6.61 Å². The average Bonchev–Trinajstić information content (AvgIpc) is 2.73. The maximum Gasteiger partial charge on any atom is 0.165 e. The van der Waals surface area contributed by atoms with Gasteiger partial charge in [-0.15, -0.1) is 0 Å². The molecule has 3 aromatic carbocycles. The first kappa shape index (κ1) is 20.8. The van der Waals surface area contributed by atoms with Gasteiger partial charge in [0.1, 0.15) is 12.4 Å². The summed E-state index contributed by atoms with van der Waals surface area (Å²) in [5.41, 5.74) is 1.93. The number of hydrogen-bond acceptors (Lipinski definition) is 2. The summed E-state index contributed by atoms with van der Waals surface area (Å²) in [6, 6.07) is 14.9. The number of benzene rings is 3. The molecule has 0 bridgehead atoms. The smallest absolute Gasteiger partial charge is 0.165 e. The highest BCUT2D eigenvalue weighted by molar-refractivity contribution is 5.65. The van der Waals surface area contributed by atoms with Crippen molar-refractivity contribution in [3.05, 3.63) is 83.2 Å². The highest BCUT2D eigenvalue weighted by atomic mass is 19.2. The average molecular weight is 400 g/mol. The van der Waals surface area contributed by atoms with Crippen LogP contribution in [0.4, 0.5) is 13.2 Å². The van der Waals surface area contributed by atoms with Crippen LogP contribution < -0.4 is 9.47 Å². The van der Waals surface area contributed by atoms with Gasteiger partial charge in [-0.3, -0.25) is 0 Å². The molecule has 0 amide bonds. The van der Waals surface area contributed by atoms with Crippen molar-refractivity contribution in [2.45, 2.75) is 33.3 Å². The van der Waals surface area contributed by atoms with Gasteiger partial charge < -0.3 is 9.47 Å². The Morgan fingerprint density at radius 3 is 2.21 bits per heavy atom. The fourth-order valence-electron chi connectivity index (χ4n) is 2.83. The van der Waals surface area contributed by atoms with Gasteiger partial charge in [0.25, 0.3) is 0 Å². The predicted molar refractivity (Wildman–Crippen MR) is 108 cm³/mol. The molecule has 0 fully saturated rings. The molecule has 5 heteroatoms. The third-order valence-electron chi connectivity index (χ3n) is 4.62. The zero-order valence-corrected chi connectivity index (χ0v) is 16.5. The fourth-order valence-corrected chi connectivity index (χ4v) is 2.83. The predicted octanol–water partition coefficient (Wildman–Crippen LogP) is 6.84. The topological polar surface area (TPSA) is 18.5 Å². The monoisotopic (exact) mass is 400 g/mol. The van der Waals surface area contributed by atoms with Crippen LogP contribution in [0.3, 0.4) is 0 Å². The molecule has 0 saturated carbocycles. The second-order valence-corrected chi connectivity index (χ2v) is 6.83. The highest BCUT2D eigenvalue weighted by Gasteiger charge is 2.11. The first-order valence-electron chi connectivity index (χ1n) is 9.58. The van der Waals surface area contributed by atoms with Gasteiger partial charge in [-0.2, -0.15) is 0 Å². The van der Waals surface area contributed by atoms with E-state index in [0.29, 0.717) is 17.9 Å². The molecular weight excluding hydrogens is 377 g/mol. The number of rotatable bonds is 8. The summed E-state index contributed by atoms with van der Waals surface area (Å²) >= 11 is 0. The van der Waals surface area contributed by atoms with Gasteiger partial charge in [-0.05, 0) is 54.3 Å². The Balaban J connectivity index is 1.66. The van der Waals surface area contributed by atoms with Gasteiger partial charge in [0.05, 0.1) is 6.61 Å². The van der Waals surface area contributed by atoms with E-state index >= 15 is 0 Å². The minimum atomic E-state index is -0.890. The molecule has 0 saturated heterocycles. The maximum absolute atomic E-state index is 14.2. The van der Waals surface area contributed by atoms with Crippen LogP contribution in [0, 0.1) is 24.4 Å². The summed E-state index contributed by atoms with van der Waals surface area (Å²) in [5.74, 6) is -1.40. The first-order valence-corrected chi connectivity index (χ1v) is 9.58. The van der Waals surface area contributed by atoms with E-state index in [1.54, 1.807) is 36.4 Å². The normalized spacial score (nSPS) is 10.8. The molecule has 0 atom stereocenters. The van der Waals surface area contributed by atoms with Crippen LogP contribution in [0.15, 0.2) is 54.6 Å². The van der Waals surface area contributed by atoms with Crippen LogP contribution in [0.1, 0.15) is 30.9 Å². The van der Waals surface area contributed by atoms with Gasteiger partial charge in [-0.1, -0.05) is 43.7 Å². The van der Waals surface area contributed by atoms with Crippen molar-refractivity contribution in [1.29, 1.82) is 0 Å². The molecule has 0 unspecified atom stereocenters.